The van der Waals surface area contributed by atoms with Crippen molar-refractivity contribution in [1.82, 2.24) is 29.1 Å². The van der Waals surface area contributed by atoms with Crippen LogP contribution in [0.2, 0.25) is 0 Å². The highest BCUT2D eigenvalue weighted by molar-refractivity contribution is 5.74. The third kappa shape index (κ3) is 2.73. The largest absolute Gasteiger partial charge is 0.341 e. The summed E-state index contributed by atoms with van der Waals surface area (Å²) in [5.74, 6) is 0.932. The van der Waals surface area contributed by atoms with E-state index in [9.17, 15) is 9.59 Å². The van der Waals surface area contributed by atoms with E-state index in [1.165, 1.54) is 0 Å². The Labute approximate surface area is 161 Å². The number of hydrogen-bond acceptors (Lipinski definition) is 6. The fourth-order valence-corrected chi connectivity index (χ4v) is 4.26. The highest BCUT2D eigenvalue weighted by Crippen LogP contribution is 2.24. The van der Waals surface area contributed by atoms with Gasteiger partial charge < -0.3 is 4.90 Å². The summed E-state index contributed by atoms with van der Waals surface area (Å²) in [6, 6.07) is 1.76. The maximum atomic E-state index is 12.5. The monoisotopic (exact) mass is 381 g/mol. The highest BCUT2D eigenvalue weighted by atomic mass is 16.1. The van der Waals surface area contributed by atoms with Gasteiger partial charge in [0.2, 0.25) is 5.95 Å². The first kappa shape index (κ1) is 17.2. The molecule has 0 radical (unpaired) electrons. The molecule has 3 aromatic heterocycles. The molecular weight excluding hydrogens is 358 g/mol. The second-order valence-electron chi connectivity index (χ2n) is 7.93. The van der Waals surface area contributed by atoms with E-state index in [4.69, 9.17) is 0 Å². The Kier molecular flexibility index (Phi) is 3.85. The Bertz CT molecular complexity index is 1180. The van der Waals surface area contributed by atoms with E-state index in [2.05, 4.69) is 20.1 Å². The number of aromatic nitrogens is 6. The Morgan fingerprint density at radius 1 is 1.11 bits per heavy atom. The van der Waals surface area contributed by atoms with Gasteiger partial charge in [-0.15, -0.1) is 0 Å². The van der Waals surface area contributed by atoms with Crippen LogP contribution in [0.15, 0.2) is 21.9 Å². The summed E-state index contributed by atoms with van der Waals surface area (Å²) in [4.78, 5) is 31.6. The molecule has 1 aliphatic heterocycles. The van der Waals surface area contributed by atoms with Crippen molar-refractivity contribution in [3.63, 3.8) is 0 Å². The van der Waals surface area contributed by atoms with Gasteiger partial charge in [-0.25, -0.2) is 4.68 Å². The van der Waals surface area contributed by atoms with Gasteiger partial charge in [0.25, 0.3) is 11.1 Å². The van der Waals surface area contributed by atoms with Crippen LogP contribution in [0.5, 0.6) is 0 Å². The first-order valence-corrected chi connectivity index (χ1v) is 9.75. The number of fused-ring (bicyclic) bond motifs is 2. The van der Waals surface area contributed by atoms with Gasteiger partial charge in [0.1, 0.15) is 5.39 Å². The molecule has 1 aliphatic carbocycles. The zero-order valence-electron chi connectivity index (χ0n) is 16.1. The topological polar surface area (TPSA) is 90.8 Å². The van der Waals surface area contributed by atoms with Crippen molar-refractivity contribution >= 4 is 17.0 Å². The predicted octanol–water partition coefficient (Wildman–Crippen LogP) is 0.239. The van der Waals surface area contributed by atoms with E-state index < -0.39 is 0 Å². The van der Waals surface area contributed by atoms with Crippen molar-refractivity contribution < 1.29 is 0 Å². The summed E-state index contributed by atoms with van der Waals surface area (Å²) >= 11 is 0. The second-order valence-corrected chi connectivity index (χ2v) is 7.93. The van der Waals surface area contributed by atoms with Crippen LogP contribution in [-0.2, 0) is 33.5 Å². The van der Waals surface area contributed by atoms with Crippen molar-refractivity contribution in [2.24, 2.45) is 20.0 Å². The molecule has 28 heavy (non-hydrogen) atoms. The second kappa shape index (κ2) is 6.29. The SMILES string of the molecule is Cn1cc2c(=O)n(C)c(N3CC(Cn4nc5c(cc4=O)CCCC5)C3)nc2n1. The van der Waals surface area contributed by atoms with Crippen LogP contribution in [0.3, 0.4) is 0 Å². The van der Waals surface area contributed by atoms with Crippen LogP contribution < -0.4 is 16.0 Å². The van der Waals surface area contributed by atoms with Gasteiger partial charge >= 0.3 is 0 Å². The van der Waals surface area contributed by atoms with E-state index in [1.54, 1.807) is 40.3 Å². The summed E-state index contributed by atoms with van der Waals surface area (Å²) in [6.45, 7) is 2.08. The molecule has 0 aromatic carbocycles. The molecular formula is C19H23N7O2. The summed E-state index contributed by atoms with van der Waals surface area (Å²) in [5.41, 5.74) is 2.55. The summed E-state index contributed by atoms with van der Waals surface area (Å²) < 4.78 is 4.79. The van der Waals surface area contributed by atoms with Gasteiger partial charge in [-0.05, 0) is 31.2 Å². The molecule has 9 heteroatoms. The molecule has 1 fully saturated rings. The zero-order valence-corrected chi connectivity index (χ0v) is 16.1. The minimum atomic E-state index is -0.0934. The number of aryl methyl sites for hydroxylation is 3. The molecule has 0 bridgehead atoms. The number of anilines is 1. The van der Waals surface area contributed by atoms with Crippen LogP contribution in [-0.4, -0.2) is 42.2 Å². The Balaban J connectivity index is 1.34. The van der Waals surface area contributed by atoms with E-state index in [0.29, 0.717) is 29.4 Å². The summed E-state index contributed by atoms with van der Waals surface area (Å²) in [6.07, 6.45) is 5.91. The Morgan fingerprint density at radius 3 is 2.71 bits per heavy atom. The van der Waals surface area contributed by atoms with Gasteiger partial charge in [-0.3, -0.25) is 18.8 Å². The molecule has 0 amide bonds. The molecule has 146 valence electrons. The van der Waals surface area contributed by atoms with E-state index in [1.807, 2.05) is 0 Å². The predicted molar refractivity (Wildman–Crippen MR) is 105 cm³/mol. The molecule has 5 rings (SSSR count). The van der Waals surface area contributed by atoms with Gasteiger partial charge in [0.05, 0.1) is 12.2 Å². The van der Waals surface area contributed by atoms with Gasteiger partial charge in [-0.1, -0.05) is 0 Å². The summed E-state index contributed by atoms with van der Waals surface area (Å²) in [7, 11) is 3.52. The van der Waals surface area contributed by atoms with Crippen molar-refractivity contribution in [2.45, 2.75) is 32.2 Å². The maximum absolute atomic E-state index is 12.5. The third-order valence-electron chi connectivity index (χ3n) is 5.80. The lowest BCUT2D eigenvalue weighted by Crippen LogP contribution is -2.51. The third-order valence-corrected chi connectivity index (χ3v) is 5.80. The molecule has 9 nitrogen and oxygen atoms in total. The lowest BCUT2D eigenvalue weighted by Gasteiger charge is -2.40. The van der Waals surface area contributed by atoms with Crippen molar-refractivity contribution in [3.8, 4) is 0 Å². The van der Waals surface area contributed by atoms with Crippen molar-refractivity contribution in [2.75, 3.05) is 18.0 Å². The maximum Gasteiger partial charge on any atom is 0.267 e. The number of nitrogens with zero attached hydrogens (tertiary/aromatic N) is 7. The number of hydrogen-bond donors (Lipinski definition) is 0. The molecule has 1 saturated heterocycles. The van der Waals surface area contributed by atoms with E-state index in [0.717, 1.165) is 50.0 Å². The van der Waals surface area contributed by atoms with Crippen LogP contribution in [0.4, 0.5) is 5.95 Å². The van der Waals surface area contributed by atoms with Gasteiger partial charge in [0, 0.05) is 45.4 Å². The molecule has 0 saturated carbocycles. The summed E-state index contributed by atoms with van der Waals surface area (Å²) in [5, 5.41) is 9.40. The number of rotatable bonds is 3. The first-order valence-electron chi connectivity index (χ1n) is 9.75. The van der Waals surface area contributed by atoms with Crippen LogP contribution in [0.25, 0.3) is 11.0 Å². The molecule has 0 spiro atoms. The molecule has 0 N–H and O–H groups in total. The van der Waals surface area contributed by atoms with Crippen molar-refractivity contribution in [1.29, 1.82) is 0 Å². The van der Waals surface area contributed by atoms with Crippen LogP contribution in [0, 0.1) is 5.92 Å². The minimum absolute atomic E-state index is 0.0143. The molecule has 4 heterocycles. The quantitative estimate of drug-likeness (QED) is 0.645. The van der Waals surface area contributed by atoms with E-state index in [-0.39, 0.29) is 11.1 Å². The Morgan fingerprint density at radius 2 is 1.89 bits per heavy atom. The van der Waals surface area contributed by atoms with Crippen LogP contribution in [0.1, 0.15) is 24.1 Å². The first-order chi connectivity index (χ1) is 13.5. The highest BCUT2D eigenvalue weighted by Gasteiger charge is 2.31. The van der Waals surface area contributed by atoms with Crippen molar-refractivity contribution in [3.05, 3.63) is 44.2 Å². The fourth-order valence-electron chi connectivity index (χ4n) is 4.26. The van der Waals surface area contributed by atoms with Gasteiger partial charge in [-0.2, -0.15) is 15.2 Å². The standard InChI is InChI=1S/C19H23N7O2/c1-23-11-14-17(22-23)20-19(24(2)18(14)28)25-8-12(9-25)10-26-16(27)7-13-5-3-4-6-15(13)21-26/h7,11-12H,3-6,8-10H2,1-2H3. The average molecular weight is 381 g/mol. The Hall–Kier alpha value is -2.97. The molecule has 3 aromatic rings. The lowest BCUT2D eigenvalue weighted by molar-refractivity contribution is 0.325. The zero-order chi connectivity index (χ0) is 19.4. The smallest absolute Gasteiger partial charge is 0.267 e. The molecule has 2 aliphatic rings. The molecule has 0 unspecified atom stereocenters. The van der Waals surface area contributed by atoms with Crippen LogP contribution >= 0.6 is 0 Å². The molecule has 0 atom stereocenters. The van der Waals surface area contributed by atoms with Gasteiger partial charge in [0.15, 0.2) is 5.65 Å². The minimum Gasteiger partial charge on any atom is -0.341 e. The fraction of sp³-hybridized carbons (Fsp3) is 0.526. The normalized spacial score (nSPS) is 17.0. The van der Waals surface area contributed by atoms with E-state index >= 15 is 0 Å². The lowest BCUT2D eigenvalue weighted by atomic mass is 9.97. The average Bonchev–Trinajstić information content (AvgIpc) is 3.02.